The lowest BCUT2D eigenvalue weighted by Crippen LogP contribution is -2.34. The summed E-state index contributed by atoms with van der Waals surface area (Å²) in [5.41, 5.74) is 0. The maximum atomic E-state index is 11.6. The molecule has 84 valence electrons. The molecule has 0 saturated heterocycles. The van der Waals surface area contributed by atoms with Crippen LogP contribution in [0.25, 0.3) is 0 Å². The van der Waals surface area contributed by atoms with E-state index >= 15 is 0 Å². The van der Waals surface area contributed by atoms with Gasteiger partial charge >= 0.3 is 0 Å². The first-order valence-electron chi connectivity index (χ1n) is 4.29. The van der Waals surface area contributed by atoms with E-state index in [-0.39, 0.29) is 4.90 Å². The molecule has 0 aliphatic heterocycles. The highest BCUT2D eigenvalue weighted by Gasteiger charge is 2.14. The van der Waals surface area contributed by atoms with Crippen LogP contribution in [-0.2, 0) is 14.8 Å². The van der Waals surface area contributed by atoms with Crippen LogP contribution in [0.4, 0.5) is 0 Å². The molecule has 0 aromatic heterocycles. The van der Waals surface area contributed by atoms with E-state index in [0.717, 1.165) is 0 Å². The van der Waals surface area contributed by atoms with E-state index in [1.807, 2.05) is 5.32 Å². The zero-order valence-electron chi connectivity index (χ0n) is 8.17. The quantitative estimate of drug-likeness (QED) is 0.549. The summed E-state index contributed by atoms with van der Waals surface area (Å²) in [6.07, 6.45) is 1.41. The highest BCUT2D eigenvalue weighted by Crippen LogP contribution is 2.06. The third kappa shape index (κ3) is 3.34. The molecule has 1 aromatic rings. The van der Waals surface area contributed by atoms with E-state index in [1.54, 1.807) is 18.2 Å². The van der Waals surface area contributed by atoms with E-state index in [4.69, 9.17) is 5.26 Å². The van der Waals surface area contributed by atoms with Gasteiger partial charge in [0.25, 0.3) is 0 Å². The Morgan fingerprint density at radius 1 is 1.31 bits per heavy atom. The average Bonchev–Trinajstić information content (AvgIpc) is 2.28. The summed E-state index contributed by atoms with van der Waals surface area (Å²) in [7, 11) is -3.69. The predicted molar refractivity (Wildman–Crippen MR) is 55.4 cm³/mol. The van der Waals surface area contributed by atoms with Crippen molar-refractivity contribution in [2.45, 2.75) is 4.90 Å². The summed E-state index contributed by atoms with van der Waals surface area (Å²) in [4.78, 5) is 10.9. The minimum absolute atomic E-state index is 0.0692. The second-order valence-electron chi connectivity index (χ2n) is 2.80. The Labute approximate surface area is 92.9 Å². The van der Waals surface area contributed by atoms with Crippen LogP contribution in [0, 0.1) is 11.5 Å². The van der Waals surface area contributed by atoms with Crippen LogP contribution in [0.3, 0.4) is 0 Å². The fourth-order valence-corrected chi connectivity index (χ4v) is 1.95. The van der Waals surface area contributed by atoms with Gasteiger partial charge in [0.1, 0.15) is 0 Å². The van der Waals surface area contributed by atoms with Gasteiger partial charge in [0, 0.05) is 0 Å². The molecule has 0 radical (unpaired) electrons. The minimum atomic E-state index is -3.69. The van der Waals surface area contributed by atoms with Crippen LogP contribution in [0.5, 0.6) is 0 Å². The van der Waals surface area contributed by atoms with Crippen molar-refractivity contribution in [2.75, 3.05) is 6.54 Å². The van der Waals surface area contributed by atoms with Gasteiger partial charge in [-0.1, -0.05) is 18.2 Å². The van der Waals surface area contributed by atoms with Crippen LogP contribution in [0.1, 0.15) is 0 Å². The summed E-state index contributed by atoms with van der Waals surface area (Å²) in [6.45, 7) is -0.467. The lowest BCUT2D eigenvalue weighted by Gasteiger charge is -2.04. The molecule has 0 heterocycles. The Balaban J connectivity index is 2.68. The Morgan fingerprint density at radius 3 is 2.50 bits per heavy atom. The van der Waals surface area contributed by atoms with Crippen molar-refractivity contribution in [1.29, 1.82) is 5.26 Å². The predicted octanol–water partition coefficient (Wildman–Crippen LogP) is -0.438. The van der Waals surface area contributed by atoms with Crippen molar-refractivity contribution in [2.24, 2.45) is 0 Å². The molecule has 1 aromatic carbocycles. The van der Waals surface area contributed by atoms with E-state index in [1.165, 1.54) is 18.3 Å². The van der Waals surface area contributed by atoms with E-state index in [9.17, 15) is 13.2 Å². The molecule has 0 spiro atoms. The summed E-state index contributed by atoms with van der Waals surface area (Å²) in [6, 6.07) is 7.64. The monoisotopic (exact) mass is 239 g/mol. The number of hydrogen-bond acceptors (Lipinski definition) is 4. The normalized spacial score (nSPS) is 10.4. The lowest BCUT2D eigenvalue weighted by molar-refractivity contribution is -0.118. The molecule has 0 atom stereocenters. The molecular weight excluding hydrogens is 230 g/mol. The second-order valence-corrected chi connectivity index (χ2v) is 4.56. The number of carbonyl (C=O) groups is 1. The van der Waals surface area contributed by atoms with Gasteiger partial charge in [-0.15, -0.1) is 0 Å². The van der Waals surface area contributed by atoms with Gasteiger partial charge in [0.15, 0.2) is 6.19 Å². The van der Waals surface area contributed by atoms with E-state index in [2.05, 4.69) is 4.72 Å². The molecule has 0 unspecified atom stereocenters. The smallest absolute Gasteiger partial charge is 0.248 e. The zero-order valence-corrected chi connectivity index (χ0v) is 8.99. The summed E-state index contributed by atoms with van der Waals surface area (Å²) in [5, 5.41) is 9.93. The van der Waals surface area contributed by atoms with Crippen molar-refractivity contribution in [3.05, 3.63) is 30.3 Å². The summed E-state index contributed by atoms with van der Waals surface area (Å²) >= 11 is 0. The fourth-order valence-electron chi connectivity index (χ4n) is 0.950. The number of carbonyl (C=O) groups excluding carboxylic acids is 1. The molecule has 1 amide bonds. The number of benzene rings is 1. The number of rotatable bonds is 4. The number of nitrogens with one attached hydrogen (secondary N) is 2. The molecule has 16 heavy (non-hydrogen) atoms. The molecule has 0 bridgehead atoms. The van der Waals surface area contributed by atoms with Crippen LogP contribution in [-0.4, -0.2) is 20.9 Å². The Hall–Kier alpha value is -1.91. The van der Waals surface area contributed by atoms with Crippen LogP contribution < -0.4 is 10.0 Å². The van der Waals surface area contributed by atoms with Crippen molar-refractivity contribution in [3.8, 4) is 6.19 Å². The van der Waals surface area contributed by atoms with Crippen LogP contribution in [0.15, 0.2) is 35.2 Å². The summed E-state index contributed by atoms with van der Waals surface area (Å²) < 4.78 is 25.2. The molecule has 0 aliphatic rings. The van der Waals surface area contributed by atoms with Gasteiger partial charge in [0.2, 0.25) is 15.9 Å². The van der Waals surface area contributed by atoms with Crippen molar-refractivity contribution in [1.82, 2.24) is 10.0 Å². The second kappa shape index (κ2) is 5.25. The first-order valence-corrected chi connectivity index (χ1v) is 5.77. The number of hydrogen-bond donors (Lipinski definition) is 2. The molecule has 0 saturated carbocycles. The number of nitrogens with zero attached hydrogens (tertiary/aromatic N) is 1. The molecular formula is C9H9N3O3S. The van der Waals surface area contributed by atoms with Gasteiger partial charge in [0.05, 0.1) is 11.4 Å². The molecule has 2 N–H and O–H groups in total. The third-order valence-corrected chi connectivity index (χ3v) is 3.09. The molecule has 0 aliphatic carbocycles. The largest absolute Gasteiger partial charge is 0.272 e. The highest BCUT2D eigenvalue weighted by atomic mass is 32.2. The van der Waals surface area contributed by atoms with Crippen molar-refractivity contribution < 1.29 is 13.2 Å². The van der Waals surface area contributed by atoms with Gasteiger partial charge < -0.3 is 0 Å². The number of sulfonamides is 1. The van der Waals surface area contributed by atoms with E-state index in [0.29, 0.717) is 0 Å². The first kappa shape index (κ1) is 12.2. The standard InChI is InChI=1S/C9H9N3O3S/c10-7-11-9(13)6-12-16(14,15)8-4-2-1-3-5-8/h1-5,12H,6H2,(H,11,13). The van der Waals surface area contributed by atoms with Crippen LogP contribution >= 0.6 is 0 Å². The molecule has 1 rings (SSSR count). The first-order chi connectivity index (χ1) is 7.56. The lowest BCUT2D eigenvalue weighted by atomic mass is 10.4. The van der Waals surface area contributed by atoms with Gasteiger partial charge in [-0.3, -0.25) is 10.1 Å². The topological polar surface area (TPSA) is 99.1 Å². The van der Waals surface area contributed by atoms with Crippen molar-refractivity contribution in [3.63, 3.8) is 0 Å². The fraction of sp³-hybridized carbons (Fsp3) is 0.111. The Morgan fingerprint density at radius 2 is 1.94 bits per heavy atom. The van der Waals surface area contributed by atoms with Crippen molar-refractivity contribution >= 4 is 15.9 Å². The molecule has 6 nitrogen and oxygen atoms in total. The highest BCUT2D eigenvalue weighted by molar-refractivity contribution is 7.89. The average molecular weight is 239 g/mol. The molecule has 7 heteroatoms. The SMILES string of the molecule is N#CNC(=O)CNS(=O)(=O)c1ccccc1. The Bertz CT molecular complexity index is 505. The Kier molecular flexibility index (Phi) is 3.99. The maximum absolute atomic E-state index is 11.6. The summed E-state index contributed by atoms with van der Waals surface area (Å²) in [5.74, 6) is -0.706. The third-order valence-electron chi connectivity index (χ3n) is 1.67. The minimum Gasteiger partial charge on any atom is -0.272 e. The number of amides is 1. The van der Waals surface area contributed by atoms with E-state index < -0.39 is 22.5 Å². The van der Waals surface area contributed by atoms with Gasteiger partial charge in [-0.25, -0.2) is 13.1 Å². The van der Waals surface area contributed by atoms with Gasteiger partial charge in [-0.2, -0.15) is 5.26 Å². The zero-order chi connectivity index (χ0) is 12.0. The molecule has 0 fully saturated rings. The maximum Gasteiger partial charge on any atom is 0.248 e. The van der Waals surface area contributed by atoms with Gasteiger partial charge in [-0.05, 0) is 12.1 Å². The van der Waals surface area contributed by atoms with Crippen LogP contribution in [0.2, 0.25) is 0 Å². The number of nitriles is 1.